The third-order valence-electron chi connectivity index (χ3n) is 6.00. The Morgan fingerprint density at radius 2 is 1.51 bits per heavy atom. The van der Waals surface area contributed by atoms with Gasteiger partial charge in [0.15, 0.2) is 0 Å². The predicted molar refractivity (Wildman–Crippen MR) is 141 cm³/mol. The van der Waals surface area contributed by atoms with E-state index in [2.05, 4.69) is 20.6 Å². The summed E-state index contributed by atoms with van der Waals surface area (Å²) in [7, 11) is 0. The summed E-state index contributed by atoms with van der Waals surface area (Å²) in [4.78, 5) is 33.3. The van der Waals surface area contributed by atoms with Crippen LogP contribution in [0.5, 0.6) is 11.5 Å². The Kier molecular flexibility index (Phi) is 8.67. The Balaban J connectivity index is 1.42. The molecular weight excluding hydrogens is 506 g/mol. The molecule has 0 unspecified atom stereocenters. The highest BCUT2D eigenvalue weighted by Crippen LogP contribution is 2.24. The highest BCUT2D eigenvalue weighted by Gasteiger charge is 2.34. The minimum absolute atomic E-state index is 0.124. The highest BCUT2D eigenvalue weighted by molar-refractivity contribution is 5.98. The number of hydrogen-bond donors (Lipinski definition) is 3. The fourth-order valence-corrected chi connectivity index (χ4v) is 3.59. The first-order chi connectivity index (χ1) is 18.7. The molecular formula is C29H28F2N4O4. The molecule has 0 saturated heterocycles. The lowest BCUT2D eigenvalue weighted by molar-refractivity contribution is -0.131. The number of benzene rings is 3. The molecule has 1 atom stereocenters. The summed E-state index contributed by atoms with van der Waals surface area (Å²) in [6.07, 6.45) is 3.03. The topological polar surface area (TPSA) is 105 Å². The van der Waals surface area contributed by atoms with Crippen LogP contribution in [-0.2, 0) is 26.3 Å². The van der Waals surface area contributed by atoms with Gasteiger partial charge in [0.2, 0.25) is 11.8 Å². The molecule has 0 bridgehead atoms. The standard InChI is InChI=1S/C29H28F2N4O4/c1-29(2,26-15-32-18-33-26)28(37)35-25(17-38-16-19-3-5-20(30)6-4-19)27(36)34-22-9-13-24(14-10-22)39-23-11-7-21(31)8-12-23/h3-15,18,25H,16-17H2,1-2H3,(H,32,33)(H,34,36)(H,35,37)/t25-/m0/s1. The van der Waals surface area contributed by atoms with Crippen molar-refractivity contribution in [3.8, 4) is 11.5 Å². The quantitative estimate of drug-likeness (QED) is 0.248. The van der Waals surface area contributed by atoms with Gasteiger partial charge in [-0.3, -0.25) is 9.59 Å². The highest BCUT2D eigenvalue weighted by atomic mass is 19.1. The van der Waals surface area contributed by atoms with Gasteiger partial charge in [-0.15, -0.1) is 0 Å². The zero-order chi connectivity index (χ0) is 27.8. The van der Waals surface area contributed by atoms with Crippen molar-refractivity contribution in [1.29, 1.82) is 0 Å². The van der Waals surface area contributed by atoms with Crippen LogP contribution in [0, 0.1) is 11.6 Å². The minimum atomic E-state index is -1.03. The van der Waals surface area contributed by atoms with E-state index in [9.17, 15) is 18.4 Å². The van der Waals surface area contributed by atoms with E-state index in [-0.39, 0.29) is 24.8 Å². The summed E-state index contributed by atoms with van der Waals surface area (Å²) in [6, 6.07) is 17.0. The van der Waals surface area contributed by atoms with E-state index in [4.69, 9.17) is 9.47 Å². The number of hydrogen-bond acceptors (Lipinski definition) is 5. The number of nitrogens with one attached hydrogen (secondary N) is 3. The lowest BCUT2D eigenvalue weighted by Gasteiger charge is -2.26. The van der Waals surface area contributed by atoms with Crippen molar-refractivity contribution >= 4 is 17.5 Å². The van der Waals surface area contributed by atoms with Crippen LogP contribution in [0.25, 0.3) is 0 Å². The number of carbonyl (C=O) groups is 2. The third kappa shape index (κ3) is 7.48. The normalized spacial score (nSPS) is 12.0. The van der Waals surface area contributed by atoms with E-state index in [1.165, 1.54) is 42.7 Å². The predicted octanol–water partition coefficient (Wildman–Crippen LogP) is 5.10. The number of imidazole rings is 1. The molecule has 0 fully saturated rings. The molecule has 0 aliphatic carbocycles. The monoisotopic (exact) mass is 534 g/mol. The molecule has 1 aromatic heterocycles. The molecule has 202 valence electrons. The number of rotatable bonds is 11. The van der Waals surface area contributed by atoms with Crippen LogP contribution in [0.15, 0.2) is 85.3 Å². The average molecular weight is 535 g/mol. The van der Waals surface area contributed by atoms with Gasteiger partial charge in [-0.2, -0.15) is 0 Å². The van der Waals surface area contributed by atoms with Crippen molar-refractivity contribution in [2.45, 2.75) is 31.9 Å². The molecule has 10 heteroatoms. The molecule has 3 N–H and O–H groups in total. The zero-order valence-electron chi connectivity index (χ0n) is 21.4. The van der Waals surface area contributed by atoms with Crippen molar-refractivity contribution in [3.05, 3.63) is 108 Å². The number of amides is 2. The Morgan fingerprint density at radius 1 is 0.923 bits per heavy atom. The van der Waals surface area contributed by atoms with Gasteiger partial charge in [0.05, 0.1) is 25.0 Å². The molecule has 2 amide bonds. The van der Waals surface area contributed by atoms with Crippen molar-refractivity contribution in [3.63, 3.8) is 0 Å². The lowest BCUT2D eigenvalue weighted by atomic mass is 9.88. The second kappa shape index (κ2) is 12.3. The van der Waals surface area contributed by atoms with Gasteiger partial charge in [-0.25, -0.2) is 13.8 Å². The molecule has 1 heterocycles. The Morgan fingerprint density at radius 3 is 2.10 bits per heavy atom. The van der Waals surface area contributed by atoms with E-state index < -0.39 is 23.3 Å². The Hall–Kier alpha value is -4.57. The first kappa shape index (κ1) is 27.5. The SMILES string of the molecule is CC(C)(C(=O)N[C@@H](COCc1ccc(F)cc1)C(=O)Nc1ccc(Oc2ccc(F)cc2)cc1)c1cnc[nH]1. The van der Waals surface area contributed by atoms with Gasteiger partial charge in [0.25, 0.3) is 0 Å². The average Bonchev–Trinajstić information content (AvgIpc) is 3.48. The molecule has 0 aliphatic rings. The van der Waals surface area contributed by atoms with Crippen molar-refractivity contribution in [2.75, 3.05) is 11.9 Å². The van der Waals surface area contributed by atoms with Crippen molar-refractivity contribution < 1.29 is 27.8 Å². The number of aromatic nitrogens is 2. The first-order valence-electron chi connectivity index (χ1n) is 12.2. The van der Waals surface area contributed by atoms with E-state index in [0.717, 1.165) is 5.56 Å². The molecule has 39 heavy (non-hydrogen) atoms. The summed E-state index contributed by atoms with van der Waals surface area (Å²) < 4.78 is 37.7. The van der Waals surface area contributed by atoms with Crippen molar-refractivity contribution in [1.82, 2.24) is 15.3 Å². The van der Waals surface area contributed by atoms with Crippen LogP contribution < -0.4 is 15.4 Å². The van der Waals surface area contributed by atoms with Gasteiger partial charge < -0.3 is 25.1 Å². The second-order valence-corrected chi connectivity index (χ2v) is 9.33. The number of halogens is 2. The summed E-state index contributed by atoms with van der Waals surface area (Å²) in [6.45, 7) is 3.42. The molecule has 0 saturated carbocycles. The zero-order valence-corrected chi connectivity index (χ0v) is 21.4. The maximum Gasteiger partial charge on any atom is 0.249 e. The fourth-order valence-electron chi connectivity index (χ4n) is 3.59. The Bertz CT molecular complexity index is 1370. The summed E-state index contributed by atoms with van der Waals surface area (Å²) in [5, 5.41) is 5.55. The van der Waals surface area contributed by atoms with Crippen LogP contribution >= 0.6 is 0 Å². The lowest BCUT2D eigenvalue weighted by Crippen LogP contribution is -2.52. The number of nitrogens with zero attached hydrogens (tertiary/aromatic N) is 1. The van der Waals surface area contributed by atoms with Crippen LogP contribution in [0.1, 0.15) is 25.1 Å². The number of carbonyl (C=O) groups excluding carboxylic acids is 2. The molecule has 8 nitrogen and oxygen atoms in total. The van der Waals surface area contributed by atoms with E-state index in [1.54, 1.807) is 56.4 Å². The van der Waals surface area contributed by atoms with E-state index >= 15 is 0 Å². The molecule has 0 spiro atoms. The Labute approximate surface area is 224 Å². The van der Waals surface area contributed by atoms with Gasteiger partial charge in [0.1, 0.15) is 29.2 Å². The van der Waals surface area contributed by atoms with Crippen molar-refractivity contribution in [2.24, 2.45) is 0 Å². The van der Waals surface area contributed by atoms with Crippen LogP contribution in [0.4, 0.5) is 14.5 Å². The van der Waals surface area contributed by atoms with Crippen LogP contribution in [-0.4, -0.2) is 34.4 Å². The molecule has 4 aromatic rings. The summed E-state index contributed by atoms with van der Waals surface area (Å²) in [5.74, 6) is -0.659. The first-order valence-corrected chi connectivity index (χ1v) is 12.2. The fraction of sp³-hybridized carbons (Fsp3) is 0.207. The molecule has 4 rings (SSSR count). The largest absolute Gasteiger partial charge is 0.457 e. The van der Waals surface area contributed by atoms with E-state index in [0.29, 0.717) is 22.9 Å². The smallest absolute Gasteiger partial charge is 0.249 e. The van der Waals surface area contributed by atoms with Gasteiger partial charge in [-0.1, -0.05) is 12.1 Å². The van der Waals surface area contributed by atoms with Gasteiger partial charge in [0, 0.05) is 17.6 Å². The minimum Gasteiger partial charge on any atom is -0.457 e. The number of anilines is 1. The van der Waals surface area contributed by atoms with Crippen LogP contribution in [0.2, 0.25) is 0 Å². The molecule has 0 radical (unpaired) electrons. The molecule has 0 aliphatic heterocycles. The number of H-pyrrole nitrogens is 1. The van der Waals surface area contributed by atoms with E-state index in [1.807, 2.05) is 0 Å². The van der Waals surface area contributed by atoms with Gasteiger partial charge in [-0.05, 0) is 80.1 Å². The second-order valence-electron chi connectivity index (χ2n) is 9.33. The summed E-state index contributed by atoms with van der Waals surface area (Å²) >= 11 is 0. The van der Waals surface area contributed by atoms with Gasteiger partial charge >= 0.3 is 0 Å². The summed E-state index contributed by atoms with van der Waals surface area (Å²) in [5.41, 5.74) is 0.780. The molecule has 3 aromatic carbocycles. The van der Waals surface area contributed by atoms with Crippen LogP contribution in [0.3, 0.4) is 0 Å². The number of aromatic amines is 1. The maximum absolute atomic E-state index is 13.2. The number of ether oxygens (including phenoxy) is 2. The third-order valence-corrected chi connectivity index (χ3v) is 6.00. The maximum atomic E-state index is 13.2.